The summed E-state index contributed by atoms with van der Waals surface area (Å²) in [5, 5.41) is 2.87. The molecule has 108 valence electrons. The van der Waals surface area contributed by atoms with E-state index in [0.717, 1.165) is 44.1 Å². The van der Waals surface area contributed by atoms with E-state index in [0.29, 0.717) is 10.8 Å². The predicted octanol–water partition coefficient (Wildman–Crippen LogP) is 2.96. The topological polar surface area (TPSA) is 68.0 Å². The second-order valence-corrected chi connectivity index (χ2v) is 5.98. The second-order valence-electron chi connectivity index (χ2n) is 5.54. The molecule has 5 heteroatoms. The van der Waals surface area contributed by atoms with Crippen LogP contribution in [0, 0.1) is 12.3 Å². The number of hydrogen-bond donors (Lipinski definition) is 2. The smallest absolute Gasteiger partial charge is 0.238 e. The lowest BCUT2D eigenvalue weighted by molar-refractivity contribution is -0.122. The van der Waals surface area contributed by atoms with Crippen molar-refractivity contribution in [3.8, 4) is 0 Å². The number of nitrogens with zero attached hydrogens (tertiary/aromatic N) is 1. The molecule has 0 aliphatic heterocycles. The van der Waals surface area contributed by atoms with Crippen LogP contribution < -0.4 is 11.1 Å². The lowest BCUT2D eigenvalue weighted by Gasteiger charge is -2.29. The molecule has 1 fully saturated rings. The van der Waals surface area contributed by atoms with Gasteiger partial charge in [-0.3, -0.25) is 4.79 Å². The van der Waals surface area contributed by atoms with Gasteiger partial charge >= 0.3 is 0 Å². The molecule has 0 unspecified atom stereocenters. The average molecular weight is 291 g/mol. The molecule has 0 aromatic carbocycles. The van der Waals surface area contributed by atoms with Crippen molar-refractivity contribution >= 4 is 28.9 Å². The maximum Gasteiger partial charge on any atom is 0.238 e. The quantitative estimate of drug-likeness (QED) is 0.663. The fourth-order valence-corrected chi connectivity index (χ4v) is 2.99. The van der Waals surface area contributed by atoms with Gasteiger partial charge in [-0.2, -0.15) is 0 Å². The van der Waals surface area contributed by atoms with Gasteiger partial charge in [0.2, 0.25) is 5.91 Å². The number of hydrogen-bond acceptors (Lipinski definition) is 3. The minimum Gasteiger partial charge on any atom is -0.392 e. The molecule has 1 aliphatic carbocycles. The van der Waals surface area contributed by atoms with E-state index in [2.05, 4.69) is 10.3 Å². The maximum atomic E-state index is 12.7. The SMILES string of the molecule is Cc1ccc(NC(=O)C2(C(N)=S)CCCCCC2)nc1. The highest BCUT2D eigenvalue weighted by Crippen LogP contribution is 2.36. The first-order valence-electron chi connectivity index (χ1n) is 7.09. The number of carbonyl (C=O) groups excluding carboxylic acids is 1. The van der Waals surface area contributed by atoms with Crippen molar-refractivity contribution in [3.05, 3.63) is 23.9 Å². The summed E-state index contributed by atoms with van der Waals surface area (Å²) < 4.78 is 0. The van der Waals surface area contributed by atoms with E-state index in [1.54, 1.807) is 12.3 Å². The summed E-state index contributed by atoms with van der Waals surface area (Å²) in [6.07, 6.45) is 7.47. The van der Waals surface area contributed by atoms with Crippen LogP contribution in [-0.2, 0) is 4.79 Å². The molecule has 0 atom stereocenters. The molecule has 1 aliphatic rings. The van der Waals surface area contributed by atoms with E-state index in [1.807, 2.05) is 13.0 Å². The van der Waals surface area contributed by atoms with E-state index in [9.17, 15) is 4.79 Å². The van der Waals surface area contributed by atoms with Gasteiger partial charge in [0.1, 0.15) is 5.82 Å². The van der Waals surface area contributed by atoms with Gasteiger partial charge < -0.3 is 11.1 Å². The zero-order valence-corrected chi connectivity index (χ0v) is 12.6. The summed E-state index contributed by atoms with van der Waals surface area (Å²) in [6, 6.07) is 3.72. The monoisotopic (exact) mass is 291 g/mol. The first kappa shape index (κ1) is 14.9. The Kier molecular flexibility index (Phi) is 4.70. The number of pyridine rings is 1. The summed E-state index contributed by atoms with van der Waals surface area (Å²) >= 11 is 5.20. The molecule has 0 spiro atoms. The Hall–Kier alpha value is -1.49. The molecule has 1 saturated carbocycles. The van der Waals surface area contributed by atoms with Crippen LogP contribution in [0.5, 0.6) is 0 Å². The van der Waals surface area contributed by atoms with E-state index in [4.69, 9.17) is 18.0 Å². The van der Waals surface area contributed by atoms with Gasteiger partial charge in [-0.25, -0.2) is 4.98 Å². The second kappa shape index (κ2) is 6.31. The Labute approximate surface area is 125 Å². The molecule has 1 aromatic rings. The fraction of sp³-hybridized carbons (Fsp3) is 0.533. The van der Waals surface area contributed by atoms with E-state index in [-0.39, 0.29) is 5.91 Å². The summed E-state index contributed by atoms with van der Waals surface area (Å²) in [5.74, 6) is 0.448. The number of aryl methyl sites for hydroxylation is 1. The standard InChI is InChI=1S/C15H21N3OS/c1-11-6-7-12(17-10-11)18-14(19)15(13(16)20)8-4-2-3-5-9-15/h6-7,10H,2-5,8-9H2,1H3,(H2,16,20)(H,17,18,19). The highest BCUT2D eigenvalue weighted by Gasteiger charge is 2.41. The molecule has 2 rings (SSSR count). The molecule has 0 saturated heterocycles. The van der Waals surface area contributed by atoms with E-state index in [1.165, 1.54) is 0 Å². The minimum atomic E-state index is -0.710. The molecular formula is C15H21N3OS. The van der Waals surface area contributed by atoms with Gasteiger partial charge in [-0.05, 0) is 31.4 Å². The van der Waals surface area contributed by atoms with Gasteiger partial charge in [0.05, 0.1) is 10.4 Å². The summed E-state index contributed by atoms with van der Waals surface area (Å²) in [4.78, 5) is 17.2. The average Bonchev–Trinajstić information content (AvgIpc) is 2.68. The van der Waals surface area contributed by atoms with Crippen LogP contribution in [0.2, 0.25) is 0 Å². The largest absolute Gasteiger partial charge is 0.392 e. The zero-order chi connectivity index (χ0) is 14.6. The van der Waals surface area contributed by atoms with Crippen molar-refractivity contribution in [2.45, 2.75) is 45.4 Å². The Morgan fingerprint density at radius 2 is 1.95 bits per heavy atom. The number of thiocarbonyl (C=S) groups is 1. The lowest BCUT2D eigenvalue weighted by Crippen LogP contribution is -2.45. The molecule has 1 heterocycles. The van der Waals surface area contributed by atoms with Gasteiger partial charge in [-0.15, -0.1) is 0 Å². The van der Waals surface area contributed by atoms with Crippen molar-refractivity contribution in [2.24, 2.45) is 11.1 Å². The van der Waals surface area contributed by atoms with Crippen LogP contribution in [0.1, 0.15) is 44.1 Å². The Bertz CT molecular complexity index is 490. The minimum absolute atomic E-state index is 0.108. The van der Waals surface area contributed by atoms with Crippen LogP contribution in [0.3, 0.4) is 0 Å². The predicted molar refractivity (Wildman–Crippen MR) is 84.5 cm³/mol. The van der Waals surface area contributed by atoms with Crippen molar-refractivity contribution in [1.29, 1.82) is 0 Å². The Morgan fingerprint density at radius 1 is 1.30 bits per heavy atom. The van der Waals surface area contributed by atoms with Crippen molar-refractivity contribution in [1.82, 2.24) is 4.98 Å². The van der Waals surface area contributed by atoms with Crippen LogP contribution in [0.25, 0.3) is 0 Å². The molecule has 0 bridgehead atoms. The first-order chi connectivity index (χ1) is 9.54. The zero-order valence-electron chi connectivity index (χ0n) is 11.8. The number of nitrogens with one attached hydrogen (secondary N) is 1. The van der Waals surface area contributed by atoms with Gasteiger partial charge in [0.15, 0.2) is 0 Å². The Balaban J connectivity index is 2.18. The summed E-state index contributed by atoms with van der Waals surface area (Å²) in [5.41, 5.74) is 6.25. The summed E-state index contributed by atoms with van der Waals surface area (Å²) in [6.45, 7) is 1.96. The van der Waals surface area contributed by atoms with Crippen molar-refractivity contribution in [2.75, 3.05) is 5.32 Å². The number of anilines is 1. The van der Waals surface area contributed by atoms with Crippen LogP contribution in [-0.4, -0.2) is 15.9 Å². The Morgan fingerprint density at radius 3 is 2.45 bits per heavy atom. The van der Waals surface area contributed by atoms with Crippen molar-refractivity contribution in [3.63, 3.8) is 0 Å². The third-order valence-corrected chi connectivity index (χ3v) is 4.41. The number of nitrogens with two attached hydrogens (primary N) is 1. The first-order valence-corrected chi connectivity index (χ1v) is 7.49. The van der Waals surface area contributed by atoms with E-state index >= 15 is 0 Å². The molecular weight excluding hydrogens is 270 g/mol. The molecule has 1 aromatic heterocycles. The fourth-order valence-electron chi connectivity index (χ4n) is 2.70. The molecule has 1 amide bonds. The summed E-state index contributed by atoms with van der Waals surface area (Å²) in [7, 11) is 0. The normalized spacial score (nSPS) is 18.1. The molecule has 20 heavy (non-hydrogen) atoms. The van der Waals surface area contributed by atoms with Crippen LogP contribution in [0.4, 0.5) is 5.82 Å². The van der Waals surface area contributed by atoms with Gasteiger partial charge in [0.25, 0.3) is 0 Å². The third-order valence-electron chi connectivity index (χ3n) is 4.02. The highest BCUT2D eigenvalue weighted by molar-refractivity contribution is 7.80. The lowest BCUT2D eigenvalue weighted by atomic mass is 9.79. The number of rotatable bonds is 3. The molecule has 3 N–H and O–H groups in total. The molecule has 0 radical (unpaired) electrons. The third kappa shape index (κ3) is 3.15. The van der Waals surface area contributed by atoms with Gasteiger partial charge in [0, 0.05) is 6.20 Å². The number of aromatic nitrogens is 1. The maximum absolute atomic E-state index is 12.7. The van der Waals surface area contributed by atoms with Crippen LogP contribution in [0.15, 0.2) is 18.3 Å². The van der Waals surface area contributed by atoms with Crippen molar-refractivity contribution < 1.29 is 4.79 Å². The van der Waals surface area contributed by atoms with E-state index < -0.39 is 5.41 Å². The molecule has 4 nitrogen and oxygen atoms in total. The number of amides is 1. The van der Waals surface area contributed by atoms with Crippen LogP contribution >= 0.6 is 12.2 Å². The van der Waals surface area contributed by atoms with Gasteiger partial charge in [-0.1, -0.05) is 44.0 Å². The highest BCUT2D eigenvalue weighted by atomic mass is 32.1. The number of carbonyl (C=O) groups is 1.